The number of rotatable bonds is 2. The third-order valence-corrected chi connectivity index (χ3v) is 2.90. The highest BCUT2D eigenvalue weighted by molar-refractivity contribution is 5.38. The van der Waals surface area contributed by atoms with Crippen LogP contribution in [0.5, 0.6) is 0 Å². The van der Waals surface area contributed by atoms with E-state index in [-0.39, 0.29) is 6.04 Å². The fraction of sp³-hybridized carbons (Fsp3) is 0.600. The number of nitrogens with two attached hydrogens (primary N) is 1. The number of hydrogen-bond acceptors (Lipinski definition) is 4. The van der Waals surface area contributed by atoms with Gasteiger partial charge < -0.3 is 10.6 Å². The predicted octanol–water partition coefficient (Wildman–Crippen LogP) is 0.650. The van der Waals surface area contributed by atoms with Gasteiger partial charge in [0.25, 0.3) is 0 Å². The summed E-state index contributed by atoms with van der Waals surface area (Å²) in [7, 11) is 0. The SMILES string of the molecule is CCC1CN(c2cccnn2)CC1N. The molecule has 0 aliphatic carbocycles. The van der Waals surface area contributed by atoms with Crippen LogP contribution in [0.15, 0.2) is 18.3 Å². The van der Waals surface area contributed by atoms with Gasteiger partial charge in [-0.05, 0) is 18.1 Å². The molecule has 2 atom stereocenters. The van der Waals surface area contributed by atoms with Crippen LogP contribution in [0, 0.1) is 5.92 Å². The van der Waals surface area contributed by atoms with Gasteiger partial charge in [-0.15, -0.1) is 5.10 Å². The molecular formula is C10H16N4. The molecule has 2 N–H and O–H groups in total. The third-order valence-electron chi connectivity index (χ3n) is 2.90. The fourth-order valence-corrected chi connectivity index (χ4v) is 1.98. The quantitative estimate of drug-likeness (QED) is 0.747. The van der Waals surface area contributed by atoms with Gasteiger partial charge in [-0.1, -0.05) is 13.3 Å². The number of aromatic nitrogens is 2. The predicted molar refractivity (Wildman–Crippen MR) is 56.0 cm³/mol. The Labute approximate surface area is 84.1 Å². The minimum absolute atomic E-state index is 0.280. The molecule has 2 heterocycles. The van der Waals surface area contributed by atoms with E-state index in [1.807, 2.05) is 12.1 Å². The fourth-order valence-electron chi connectivity index (χ4n) is 1.98. The summed E-state index contributed by atoms with van der Waals surface area (Å²) in [5.41, 5.74) is 6.03. The van der Waals surface area contributed by atoms with E-state index < -0.39 is 0 Å². The summed E-state index contributed by atoms with van der Waals surface area (Å²) in [6.45, 7) is 4.10. The molecule has 1 aliphatic heterocycles. The van der Waals surface area contributed by atoms with Crippen LogP contribution in [0.4, 0.5) is 5.82 Å². The van der Waals surface area contributed by atoms with Crippen molar-refractivity contribution in [3.05, 3.63) is 18.3 Å². The van der Waals surface area contributed by atoms with Crippen LogP contribution in [0.25, 0.3) is 0 Å². The summed E-state index contributed by atoms with van der Waals surface area (Å²) in [6.07, 6.45) is 2.83. The monoisotopic (exact) mass is 192 g/mol. The molecule has 0 radical (unpaired) electrons. The van der Waals surface area contributed by atoms with Crippen molar-refractivity contribution in [2.75, 3.05) is 18.0 Å². The van der Waals surface area contributed by atoms with E-state index in [0.717, 1.165) is 25.3 Å². The molecule has 2 unspecified atom stereocenters. The first-order valence-corrected chi connectivity index (χ1v) is 5.09. The minimum atomic E-state index is 0.280. The van der Waals surface area contributed by atoms with Gasteiger partial charge in [0.2, 0.25) is 0 Å². The molecule has 0 spiro atoms. The maximum atomic E-state index is 6.03. The Morgan fingerprint density at radius 1 is 1.57 bits per heavy atom. The standard InChI is InChI=1S/C10H16N4/c1-2-8-6-14(7-9(8)11)10-4-3-5-12-13-10/h3-5,8-9H,2,6-7,11H2,1H3. The zero-order chi connectivity index (χ0) is 9.97. The van der Waals surface area contributed by atoms with Crippen molar-refractivity contribution >= 4 is 5.82 Å². The van der Waals surface area contributed by atoms with Gasteiger partial charge in [0.1, 0.15) is 0 Å². The average Bonchev–Trinajstić information content (AvgIpc) is 2.61. The van der Waals surface area contributed by atoms with Crippen LogP contribution in [0.2, 0.25) is 0 Å². The van der Waals surface area contributed by atoms with Crippen LogP contribution in [-0.2, 0) is 0 Å². The van der Waals surface area contributed by atoms with Gasteiger partial charge in [-0.2, -0.15) is 5.10 Å². The minimum Gasteiger partial charge on any atom is -0.353 e. The van der Waals surface area contributed by atoms with Gasteiger partial charge in [0.05, 0.1) is 0 Å². The van der Waals surface area contributed by atoms with Crippen molar-refractivity contribution in [3.8, 4) is 0 Å². The van der Waals surface area contributed by atoms with E-state index >= 15 is 0 Å². The lowest BCUT2D eigenvalue weighted by Gasteiger charge is -2.15. The summed E-state index contributed by atoms with van der Waals surface area (Å²) in [6, 6.07) is 4.17. The molecule has 1 aromatic rings. The number of hydrogen-bond donors (Lipinski definition) is 1. The Bertz CT molecular complexity index is 287. The Hall–Kier alpha value is -1.16. The van der Waals surface area contributed by atoms with Crippen molar-refractivity contribution in [2.24, 2.45) is 11.7 Å². The highest BCUT2D eigenvalue weighted by Gasteiger charge is 2.29. The molecule has 2 rings (SSSR count). The molecule has 0 aromatic carbocycles. The maximum absolute atomic E-state index is 6.03. The highest BCUT2D eigenvalue weighted by Crippen LogP contribution is 2.22. The van der Waals surface area contributed by atoms with Crippen molar-refractivity contribution < 1.29 is 0 Å². The third kappa shape index (κ3) is 1.70. The van der Waals surface area contributed by atoms with Gasteiger partial charge in [-0.25, -0.2) is 0 Å². The Morgan fingerprint density at radius 3 is 3.00 bits per heavy atom. The number of anilines is 1. The second kappa shape index (κ2) is 3.92. The second-order valence-electron chi connectivity index (χ2n) is 3.82. The van der Waals surface area contributed by atoms with Crippen LogP contribution < -0.4 is 10.6 Å². The van der Waals surface area contributed by atoms with Crippen molar-refractivity contribution in [3.63, 3.8) is 0 Å². The van der Waals surface area contributed by atoms with Crippen molar-refractivity contribution in [1.82, 2.24) is 10.2 Å². The largest absolute Gasteiger partial charge is 0.353 e. The first-order chi connectivity index (χ1) is 6.81. The molecule has 0 bridgehead atoms. The van der Waals surface area contributed by atoms with E-state index in [9.17, 15) is 0 Å². The Kier molecular flexibility index (Phi) is 2.63. The van der Waals surface area contributed by atoms with Crippen LogP contribution >= 0.6 is 0 Å². The van der Waals surface area contributed by atoms with Crippen LogP contribution in [-0.4, -0.2) is 29.3 Å². The molecule has 0 saturated carbocycles. The number of nitrogens with zero attached hydrogens (tertiary/aromatic N) is 3. The lowest BCUT2D eigenvalue weighted by molar-refractivity contribution is 0.500. The van der Waals surface area contributed by atoms with Crippen molar-refractivity contribution in [1.29, 1.82) is 0 Å². The van der Waals surface area contributed by atoms with E-state index in [0.29, 0.717) is 5.92 Å². The summed E-state index contributed by atoms with van der Waals surface area (Å²) < 4.78 is 0. The molecule has 1 fully saturated rings. The summed E-state index contributed by atoms with van der Waals surface area (Å²) >= 11 is 0. The Balaban J connectivity index is 2.09. The van der Waals surface area contributed by atoms with Gasteiger partial charge in [-0.3, -0.25) is 0 Å². The molecule has 1 aromatic heterocycles. The molecule has 1 saturated heterocycles. The van der Waals surface area contributed by atoms with Gasteiger partial charge in [0, 0.05) is 25.3 Å². The molecule has 14 heavy (non-hydrogen) atoms. The van der Waals surface area contributed by atoms with E-state index in [1.54, 1.807) is 6.20 Å². The van der Waals surface area contributed by atoms with Crippen molar-refractivity contribution in [2.45, 2.75) is 19.4 Å². The zero-order valence-corrected chi connectivity index (χ0v) is 8.43. The molecule has 76 valence electrons. The summed E-state index contributed by atoms with van der Waals surface area (Å²) in [5, 5.41) is 7.96. The van der Waals surface area contributed by atoms with Crippen LogP contribution in [0.3, 0.4) is 0 Å². The first kappa shape index (κ1) is 9.40. The molecule has 0 amide bonds. The zero-order valence-electron chi connectivity index (χ0n) is 8.43. The molecule has 4 heteroatoms. The molecular weight excluding hydrogens is 176 g/mol. The summed E-state index contributed by atoms with van der Waals surface area (Å²) in [5.74, 6) is 1.54. The molecule has 4 nitrogen and oxygen atoms in total. The van der Waals surface area contributed by atoms with E-state index in [2.05, 4.69) is 22.0 Å². The van der Waals surface area contributed by atoms with Gasteiger partial charge >= 0.3 is 0 Å². The maximum Gasteiger partial charge on any atom is 0.151 e. The topological polar surface area (TPSA) is 55.0 Å². The van der Waals surface area contributed by atoms with Gasteiger partial charge in [0.15, 0.2) is 5.82 Å². The van der Waals surface area contributed by atoms with E-state index in [4.69, 9.17) is 5.73 Å². The lowest BCUT2D eigenvalue weighted by Crippen LogP contribution is -2.29. The first-order valence-electron chi connectivity index (χ1n) is 5.09. The Morgan fingerprint density at radius 2 is 2.43 bits per heavy atom. The van der Waals surface area contributed by atoms with Crippen LogP contribution in [0.1, 0.15) is 13.3 Å². The summed E-state index contributed by atoms with van der Waals surface area (Å²) in [4.78, 5) is 2.21. The second-order valence-corrected chi connectivity index (χ2v) is 3.82. The average molecular weight is 192 g/mol. The van der Waals surface area contributed by atoms with E-state index in [1.165, 1.54) is 0 Å². The smallest absolute Gasteiger partial charge is 0.151 e. The lowest BCUT2D eigenvalue weighted by atomic mass is 10.0. The highest BCUT2D eigenvalue weighted by atomic mass is 15.3. The normalized spacial score (nSPS) is 26.9. The molecule has 1 aliphatic rings.